The first-order chi connectivity index (χ1) is 8.11. The number of nitrogens with two attached hydrogens (primary N) is 1. The molecular weight excluding hydrogens is 212 g/mol. The maximum absolute atomic E-state index is 6.54. The van der Waals surface area contributed by atoms with E-state index in [-0.39, 0.29) is 5.54 Å². The second-order valence-electron chi connectivity index (χ2n) is 5.88. The van der Waals surface area contributed by atoms with Gasteiger partial charge in [-0.25, -0.2) is 0 Å². The van der Waals surface area contributed by atoms with Gasteiger partial charge in [-0.2, -0.15) is 0 Å². The third kappa shape index (κ3) is 3.65. The molecule has 2 saturated heterocycles. The van der Waals surface area contributed by atoms with Gasteiger partial charge in [-0.1, -0.05) is 6.92 Å². The van der Waals surface area contributed by atoms with Gasteiger partial charge in [0.1, 0.15) is 0 Å². The molecule has 2 fully saturated rings. The fourth-order valence-corrected chi connectivity index (χ4v) is 2.93. The van der Waals surface area contributed by atoms with Crippen LogP contribution < -0.4 is 5.73 Å². The Balaban J connectivity index is 1.77. The van der Waals surface area contributed by atoms with Gasteiger partial charge in [-0.3, -0.25) is 4.90 Å². The highest BCUT2D eigenvalue weighted by Crippen LogP contribution is 2.20. The minimum absolute atomic E-state index is 0.0703. The summed E-state index contributed by atoms with van der Waals surface area (Å²) in [6.07, 6.45) is 2.30. The quantitative estimate of drug-likeness (QED) is 0.756. The second kappa shape index (κ2) is 5.65. The molecule has 4 nitrogen and oxygen atoms in total. The first kappa shape index (κ1) is 13.3. The normalized spacial score (nSPS) is 28.4. The number of likely N-dealkylation sites (tertiary alicyclic amines) is 1. The first-order valence-electron chi connectivity index (χ1n) is 7.03. The number of rotatable bonds is 3. The van der Waals surface area contributed by atoms with Crippen molar-refractivity contribution in [1.82, 2.24) is 14.7 Å². The molecule has 0 atom stereocenters. The Morgan fingerprint density at radius 3 is 2.00 bits per heavy atom. The molecule has 0 bridgehead atoms. The lowest BCUT2D eigenvalue weighted by atomic mass is 9.88. The zero-order valence-corrected chi connectivity index (χ0v) is 11.5. The van der Waals surface area contributed by atoms with Crippen LogP contribution >= 0.6 is 0 Å². The van der Waals surface area contributed by atoms with Gasteiger partial charge < -0.3 is 15.5 Å². The van der Waals surface area contributed by atoms with E-state index in [1.807, 2.05) is 0 Å². The zero-order valence-electron chi connectivity index (χ0n) is 11.5. The first-order valence-corrected chi connectivity index (χ1v) is 7.03. The summed E-state index contributed by atoms with van der Waals surface area (Å²) in [7, 11) is 2.19. The molecule has 0 saturated carbocycles. The Labute approximate surface area is 106 Å². The van der Waals surface area contributed by atoms with Crippen LogP contribution in [0, 0.1) is 0 Å². The molecule has 2 heterocycles. The van der Waals surface area contributed by atoms with Crippen molar-refractivity contribution in [2.75, 3.05) is 59.4 Å². The summed E-state index contributed by atoms with van der Waals surface area (Å²) in [6.45, 7) is 11.7. The number of likely N-dealkylation sites (N-methyl/N-ethyl adjacent to an activating group) is 1. The van der Waals surface area contributed by atoms with Crippen LogP contribution in [-0.4, -0.2) is 79.6 Å². The van der Waals surface area contributed by atoms with Gasteiger partial charge in [0.25, 0.3) is 0 Å². The maximum atomic E-state index is 6.54. The van der Waals surface area contributed by atoms with E-state index in [1.165, 1.54) is 32.7 Å². The monoisotopic (exact) mass is 240 g/mol. The lowest BCUT2D eigenvalue weighted by molar-refractivity contribution is 0.0889. The average molecular weight is 240 g/mol. The van der Waals surface area contributed by atoms with Crippen molar-refractivity contribution in [2.45, 2.75) is 25.3 Å². The standard InChI is InChI=1S/C13H28N4/c1-3-16-8-10-17(11-9-16)12-13(14)4-6-15(2)7-5-13/h3-12,14H2,1-2H3. The molecule has 4 heteroatoms. The summed E-state index contributed by atoms with van der Waals surface area (Å²) in [5.74, 6) is 0. The van der Waals surface area contributed by atoms with Crippen molar-refractivity contribution in [2.24, 2.45) is 5.73 Å². The summed E-state index contributed by atoms with van der Waals surface area (Å²) in [6, 6.07) is 0. The summed E-state index contributed by atoms with van der Waals surface area (Å²) < 4.78 is 0. The van der Waals surface area contributed by atoms with E-state index in [1.54, 1.807) is 0 Å². The van der Waals surface area contributed by atoms with E-state index in [0.29, 0.717) is 0 Å². The van der Waals surface area contributed by atoms with Crippen LogP contribution in [0.3, 0.4) is 0 Å². The molecule has 0 aromatic carbocycles. The fraction of sp³-hybridized carbons (Fsp3) is 1.00. The predicted octanol–water partition coefficient (Wildman–Crippen LogP) is 0.0470. The van der Waals surface area contributed by atoms with Gasteiger partial charge in [0.15, 0.2) is 0 Å². The van der Waals surface area contributed by atoms with E-state index in [9.17, 15) is 0 Å². The number of hydrogen-bond acceptors (Lipinski definition) is 4. The van der Waals surface area contributed by atoms with Crippen molar-refractivity contribution in [1.29, 1.82) is 0 Å². The molecule has 0 aromatic rings. The molecule has 2 N–H and O–H groups in total. The molecule has 0 aliphatic carbocycles. The van der Waals surface area contributed by atoms with Gasteiger partial charge in [-0.05, 0) is 39.5 Å². The zero-order chi connectivity index (χ0) is 12.3. The van der Waals surface area contributed by atoms with Crippen molar-refractivity contribution in [3.63, 3.8) is 0 Å². The molecule has 0 spiro atoms. The molecule has 2 aliphatic rings. The van der Waals surface area contributed by atoms with Crippen molar-refractivity contribution < 1.29 is 0 Å². The van der Waals surface area contributed by atoms with Gasteiger partial charge >= 0.3 is 0 Å². The van der Waals surface area contributed by atoms with Gasteiger partial charge in [0, 0.05) is 38.3 Å². The molecule has 0 unspecified atom stereocenters. The highest BCUT2D eigenvalue weighted by Gasteiger charge is 2.32. The molecule has 2 rings (SSSR count). The third-order valence-corrected chi connectivity index (χ3v) is 4.43. The Hall–Kier alpha value is -0.160. The van der Waals surface area contributed by atoms with Crippen LogP contribution in [0.25, 0.3) is 0 Å². The van der Waals surface area contributed by atoms with Crippen molar-refractivity contribution >= 4 is 0 Å². The Morgan fingerprint density at radius 1 is 0.941 bits per heavy atom. The molecule has 0 amide bonds. The van der Waals surface area contributed by atoms with E-state index in [2.05, 4.69) is 28.7 Å². The van der Waals surface area contributed by atoms with E-state index < -0.39 is 0 Å². The molecular formula is C13H28N4. The summed E-state index contributed by atoms with van der Waals surface area (Å²) >= 11 is 0. The maximum Gasteiger partial charge on any atom is 0.0307 e. The summed E-state index contributed by atoms with van der Waals surface area (Å²) in [5, 5.41) is 0. The number of nitrogens with zero attached hydrogens (tertiary/aromatic N) is 3. The van der Waals surface area contributed by atoms with Crippen LogP contribution in [0.5, 0.6) is 0 Å². The molecule has 100 valence electrons. The largest absolute Gasteiger partial charge is 0.324 e. The highest BCUT2D eigenvalue weighted by molar-refractivity contribution is 4.93. The van der Waals surface area contributed by atoms with E-state index in [4.69, 9.17) is 5.73 Å². The van der Waals surface area contributed by atoms with Crippen LogP contribution in [0.2, 0.25) is 0 Å². The smallest absolute Gasteiger partial charge is 0.0307 e. The van der Waals surface area contributed by atoms with Crippen molar-refractivity contribution in [3.8, 4) is 0 Å². The molecule has 17 heavy (non-hydrogen) atoms. The minimum Gasteiger partial charge on any atom is -0.324 e. The van der Waals surface area contributed by atoms with Crippen LogP contribution in [0.4, 0.5) is 0 Å². The Bertz CT molecular complexity index is 228. The Morgan fingerprint density at radius 2 is 1.47 bits per heavy atom. The molecule has 0 radical (unpaired) electrons. The average Bonchev–Trinajstić information content (AvgIpc) is 2.34. The summed E-state index contributed by atoms with van der Waals surface area (Å²) in [4.78, 5) is 7.48. The SMILES string of the molecule is CCN1CCN(CC2(N)CCN(C)CC2)CC1. The van der Waals surface area contributed by atoms with Gasteiger partial charge in [-0.15, -0.1) is 0 Å². The Kier molecular flexibility index (Phi) is 4.42. The molecule has 2 aliphatic heterocycles. The van der Waals surface area contributed by atoms with E-state index >= 15 is 0 Å². The number of piperidine rings is 1. The number of piperazine rings is 1. The predicted molar refractivity (Wildman–Crippen MR) is 72.2 cm³/mol. The highest BCUT2D eigenvalue weighted by atomic mass is 15.3. The lowest BCUT2D eigenvalue weighted by Crippen LogP contribution is -2.58. The topological polar surface area (TPSA) is 35.7 Å². The molecule has 0 aromatic heterocycles. The van der Waals surface area contributed by atoms with Crippen LogP contribution in [0.1, 0.15) is 19.8 Å². The second-order valence-corrected chi connectivity index (χ2v) is 5.88. The number of hydrogen-bond donors (Lipinski definition) is 1. The lowest BCUT2D eigenvalue weighted by Gasteiger charge is -2.43. The minimum atomic E-state index is 0.0703. The van der Waals surface area contributed by atoms with E-state index in [0.717, 1.165) is 32.5 Å². The fourth-order valence-electron chi connectivity index (χ4n) is 2.93. The van der Waals surface area contributed by atoms with Gasteiger partial charge in [0.2, 0.25) is 0 Å². The van der Waals surface area contributed by atoms with Gasteiger partial charge in [0.05, 0.1) is 0 Å². The van der Waals surface area contributed by atoms with Crippen molar-refractivity contribution in [3.05, 3.63) is 0 Å². The third-order valence-electron chi connectivity index (χ3n) is 4.43. The van der Waals surface area contributed by atoms with Crippen LogP contribution in [-0.2, 0) is 0 Å². The summed E-state index contributed by atoms with van der Waals surface area (Å²) in [5.41, 5.74) is 6.61. The van der Waals surface area contributed by atoms with Crippen LogP contribution in [0.15, 0.2) is 0 Å².